The fourth-order valence-electron chi connectivity index (χ4n) is 2.22. The van der Waals surface area contributed by atoms with Crippen LogP contribution in [0.3, 0.4) is 0 Å². The van der Waals surface area contributed by atoms with Gasteiger partial charge in [-0.2, -0.15) is 0 Å². The number of halogens is 2. The third kappa shape index (κ3) is 6.08. The van der Waals surface area contributed by atoms with Gasteiger partial charge in [0.1, 0.15) is 0 Å². The first-order chi connectivity index (χ1) is 13.1. The molecule has 1 heterocycles. The Labute approximate surface area is 169 Å². The molecule has 1 aromatic heterocycles. The smallest absolute Gasteiger partial charge is 0.262 e. The lowest BCUT2D eigenvalue weighted by atomic mass is 10.3. The molecule has 0 fully saturated rings. The molecule has 0 radical (unpaired) electrons. The summed E-state index contributed by atoms with van der Waals surface area (Å²) in [5.74, 6) is -0.0117. The van der Waals surface area contributed by atoms with Gasteiger partial charge in [0.05, 0.1) is 0 Å². The van der Waals surface area contributed by atoms with Crippen LogP contribution in [0.5, 0.6) is 5.75 Å². The standard InChI is InChI=1S/C20H16BrFN2O2S/c21-15-3-8-19(18(22)10-15)26-12-20(25)24-16-4-6-17(7-5-16)27-13-14-2-1-9-23-11-14/h1-11H,12-13H2,(H,24,25). The number of hydrogen-bond donors (Lipinski definition) is 1. The Morgan fingerprint density at radius 2 is 2.00 bits per heavy atom. The highest BCUT2D eigenvalue weighted by Gasteiger charge is 2.08. The molecule has 3 rings (SSSR count). The highest BCUT2D eigenvalue weighted by atomic mass is 79.9. The molecular formula is C20H16BrFN2O2S. The van der Waals surface area contributed by atoms with Crippen molar-refractivity contribution < 1.29 is 13.9 Å². The van der Waals surface area contributed by atoms with Crippen molar-refractivity contribution in [2.75, 3.05) is 11.9 Å². The maximum atomic E-state index is 13.7. The SMILES string of the molecule is O=C(COc1ccc(Br)cc1F)Nc1ccc(SCc2cccnc2)cc1. The third-order valence-corrected chi connectivity index (χ3v) is 5.10. The Kier molecular flexibility index (Phi) is 6.84. The molecule has 0 spiro atoms. The number of amides is 1. The average Bonchev–Trinajstić information content (AvgIpc) is 2.67. The van der Waals surface area contributed by atoms with Crippen LogP contribution in [-0.4, -0.2) is 17.5 Å². The molecular weight excluding hydrogens is 431 g/mol. The lowest BCUT2D eigenvalue weighted by molar-refractivity contribution is -0.118. The van der Waals surface area contributed by atoms with Crippen molar-refractivity contribution in [2.45, 2.75) is 10.6 Å². The average molecular weight is 447 g/mol. The van der Waals surface area contributed by atoms with Crippen LogP contribution in [0.15, 0.2) is 76.4 Å². The number of anilines is 1. The molecule has 0 saturated heterocycles. The van der Waals surface area contributed by atoms with Gasteiger partial charge in [-0.1, -0.05) is 22.0 Å². The number of aromatic nitrogens is 1. The largest absolute Gasteiger partial charge is 0.481 e. The number of rotatable bonds is 7. The minimum Gasteiger partial charge on any atom is -0.481 e. The van der Waals surface area contributed by atoms with Gasteiger partial charge in [-0.3, -0.25) is 9.78 Å². The van der Waals surface area contributed by atoms with E-state index in [0.717, 1.165) is 16.2 Å². The summed E-state index contributed by atoms with van der Waals surface area (Å²) in [4.78, 5) is 17.2. The van der Waals surface area contributed by atoms with Gasteiger partial charge in [-0.15, -0.1) is 11.8 Å². The summed E-state index contributed by atoms with van der Waals surface area (Å²) in [5.41, 5.74) is 1.81. The topological polar surface area (TPSA) is 51.2 Å². The van der Waals surface area contributed by atoms with Gasteiger partial charge in [0, 0.05) is 33.2 Å². The Balaban J connectivity index is 1.48. The predicted octanol–water partition coefficient (Wildman–Crippen LogP) is 5.29. The number of carbonyl (C=O) groups excluding carboxylic acids is 1. The van der Waals surface area contributed by atoms with Gasteiger partial charge in [-0.25, -0.2) is 4.39 Å². The van der Waals surface area contributed by atoms with Gasteiger partial charge < -0.3 is 10.1 Å². The summed E-state index contributed by atoms with van der Waals surface area (Å²) >= 11 is 4.86. The van der Waals surface area contributed by atoms with Crippen LogP contribution >= 0.6 is 27.7 Å². The van der Waals surface area contributed by atoms with E-state index in [-0.39, 0.29) is 18.3 Å². The molecule has 0 aliphatic carbocycles. The van der Waals surface area contributed by atoms with Crippen molar-refractivity contribution >= 4 is 39.3 Å². The molecule has 138 valence electrons. The van der Waals surface area contributed by atoms with E-state index in [1.165, 1.54) is 12.1 Å². The maximum Gasteiger partial charge on any atom is 0.262 e. The molecule has 0 aliphatic rings. The maximum absolute atomic E-state index is 13.7. The second-order valence-corrected chi connectivity index (χ2v) is 7.55. The minimum atomic E-state index is -0.521. The van der Waals surface area contributed by atoms with E-state index in [4.69, 9.17) is 4.74 Å². The molecule has 2 aromatic carbocycles. The van der Waals surface area contributed by atoms with E-state index in [0.29, 0.717) is 10.2 Å². The van der Waals surface area contributed by atoms with Crippen molar-refractivity contribution in [1.29, 1.82) is 0 Å². The Hall–Kier alpha value is -2.38. The molecule has 1 amide bonds. The number of thioether (sulfide) groups is 1. The van der Waals surface area contributed by atoms with Gasteiger partial charge in [0.25, 0.3) is 5.91 Å². The molecule has 3 aromatic rings. The first-order valence-corrected chi connectivity index (χ1v) is 9.87. The fraction of sp³-hybridized carbons (Fsp3) is 0.100. The summed E-state index contributed by atoms with van der Waals surface area (Å²) in [6, 6.07) is 15.9. The molecule has 4 nitrogen and oxygen atoms in total. The number of pyridine rings is 1. The number of carbonyl (C=O) groups is 1. The highest BCUT2D eigenvalue weighted by Crippen LogP contribution is 2.24. The van der Waals surface area contributed by atoms with Crippen LogP contribution < -0.4 is 10.1 Å². The van der Waals surface area contributed by atoms with Crippen molar-refractivity contribution in [3.05, 3.63) is 82.8 Å². The van der Waals surface area contributed by atoms with E-state index in [1.54, 1.807) is 24.0 Å². The van der Waals surface area contributed by atoms with E-state index >= 15 is 0 Å². The normalized spacial score (nSPS) is 10.4. The zero-order valence-corrected chi connectivity index (χ0v) is 16.6. The number of nitrogens with one attached hydrogen (secondary N) is 1. The van der Waals surface area contributed by atoms with Crippen LogP contribution in [0.1, 0.15) is 5.56 Å². The zero-order valence-electron chi connectivity index (χ0n) is 14.2. The van der Waals surface area contributed by atoms with Crippen molar-refractivity contribution in [3.8, 4) is 5.75 Å². The first kappa shape index (κ1) is 19.4. The van der Waals surface area contributed by atoms with Crippen LogP contribution in [-0.2, 0) is 10.5 Å². The number of ether oxygens (including phenoxy) is 1. The summed E-state index contributed by atoms with van der Waals surface area (Å²) in [6.07, 6.45) is 3.59. The molecule has 7 heteroatoms. The Bertz CT molecular complexity index is 908. The molecule has 0 atom stereocenters. The van der Waals surface area contributed by atoms with Crippen LogP contribution in [0.2, 0.25) is 0 Å². The summed E-state index contributed by atoms with van der Waals surface area (Å²) in [7, 11) is 0. The summed E-state index contributed by atoms with van der Waals surface area (Å²) in [5, 5.41) is 2.73. The molecule has 0 saturated carbocycles. The Morgan fingerprint density at radius 3 is 2.70 bits per heavy atom. The zero-order chi connectivity index (χ0) is 19.1. The van der Waals surface area contributed by atoms with Gasteiger partial charge in [0.15, 0.2) is 18.2 Å². The number of benzene rings is 2. The minimum absolute atomic E-state index is 0.0375. The Morgan fingerprint density at radius 1 is 1.19 bits per heavy atom. The quantitative estimate of drug-likeness (QED) is 0.500. The summed E-state index contributed by atoms with van der Waals surface area (Å²) in [6.45, 7) is -0.268. The van der Waals surface area contributed by atoms with Crippen LogP contribution in [0.25, 0.3) is 0 Å². The molecule has 0 aliphatic heterocycles. The van der Waals surface area contributed by atoms with Crippen LogP contribution in [0, 0.1) is 5.82 Å². The number of nitrogens with zero attached hydrogens (tertiary/aromatic N) is 1. The van der Waals surface area contributed by atoms with Crippen molar-refractivity contribution in [2.24, 2.45) is 0 Å². The van der Waals surface area contributed by atoms with Crippen molar-refractivity contribution in [1.82, 2.24) is 4.98 Å². The predicted molar refractivity (Wildman–Crippen MR) is 108 cm³/mol. The van der Waals surface area contributed by atoms with E-state index < -0.39 is 5.82 Å². The van der Waals surface area contributed by atoms with E-state index in [9.17, 15) is 9.18 Å². The number of hydrogen-bond acceptors (Lipinski definition) is 4. The van der Waals surface area contributed by atoms with E-state index in [1.807, 2.05) is 42.6 Å². The second kappa shape index (κ2) is 9.53. The first-order valence-electron chi connectivity index (χ1n) is 8.09. The molecule has 0 unspecified atom stereocenters. The van der Waals surface area contributed by atoms with Crippen LogP contribution in [0.4, 0.5) is 10.1 Å². The van der Waals surface area contributed by atoms with Gasteiger partial charge in [0.2, 0.25) is 0 Å². The lowest BCUT2D eigenvalue weighted by Gasteiger charge is -2.09. The van der Waals surface area contributed by atoms with Gasteiger partial charge >= 0.3 is 0 Å². The third-order valence-electron chi connectivity index (χ3n) is 3.52. The second-order valence-electron chi connectivity index (χ2n) is 5.59. The summed E-state index contributed by atoms with van der Waals surface area (Å²) < 4.78 is 19.5. The van der Waals surface area contributed by atoms with Gasteiger partial charge in [-0.05, 0) is 54.1 Å². The van der Waals surface area contributed by atoms with E-state index in [2.05, 4.69) is 26.2 Å². The highest BCUT2D eigenvalue weighted by molar-refractivity contribution is 9.10. The van der Waals surface area contributed by atoms with Crippen molar-refractivity contribution in [3.63, 3.8) is 0 Å². The molecule has 1 N–H and O–H groups in total. The fourth-order valence-corrected chi connectivity index (χ4v) is 3.38. The molecule has 27 heavy (non-hydrogen) atoms. The lowest BCUT2D eigenvalue weighted by Crippen LogP contribution is -2.20. The monoisotopic (exact) mass is 446 g/mol. The molecule has 0 bridgehead atoms.